The lowest BCUT2D eigenvalue weighted by atomic mass is 10.3. The zero-order chi connectivity index (χ0) is 18.5. The molecule has 26 heavy (non-hydrogen) atoms. The third-order valence-electron chi connectivity index (χ3n) is 3.64. The molecule has 7 nitrogen and oxygen atoms in total. The van der Waals surface area contributed by atoms with E-state index in [4.69, 9.17) is 0 Å². The molecule has 3 rings (SSSR count). The van der Waals surface area contributed by atoms with Crippen LogP contribution in [0, 0.1) is 13.8 Å². The van der Waals surface area contributed by atoms with Gasteiger partial charge >= 0.3 is 6.03 Å². The Balaban J connectivity index is 1.63. The lowest BCUT2D eigenvalue weighted by molar-refractivity contribution is 0.251. The van der Waals surface area contributed by atoms with Crippen LogP contribution in [-0.4, -0.2) is 27.3 Å². The van der Waals surface area contributed by atoms with Gasteiger partial charge in [-0.3, -0.25) is 4.79 Å². The summed E-state index contributed by atoms with van der Waals surface area (Å²) in [5.41, 5.74) is 2.10. The number of hydrogen-bond donors (Lipinski definition) is 2. The van der Waals surface area contributed by atoms with Crippen LogP contribution in [0.1, 0.15) is 10.7 Å². The minimum Gasteiger partial charge on any atom is -0.336 e. The lowest BCUT2D eigenvalue weighted by Crippen LogP contribution is -2.34. The first-order chi connectivity index (χ1) is 12.5. The third-order valence-corrected chi connectivity index (χ3v) is 4.74. The van der Waals surface area contributed by atoms with E-state index in [-0.39, 0.29) is 24.7 Å². The molecule has 0 aliphatic rings. The van der Waals surface area contributed by atoms with Crippen molar-refractivity contribution in [2.24, 2.45) is 0 Å². The van der Waals surface area contributed by atoms with Crippen molar-refractivity contribution in [2.45, 2.75) is 20.4 Å². The Bertz CT molecular complexity index is 965. The second-order valence-electron chi connectivity index (χ2n) is 5.67. The van der Waals surface area contributed by atoms with E-state index in [2.05, 4.69) is 20.7 Å². The third kappa shape index (κ3) is 4.34. The number of rotatable bonds is 5. The molecule has 134 valence electrons. The van der Waals surface area contributed by atoms with E-state index in [1.54, 1.807) is 29.5 Å². The van der Waals surface area contributed by atoms with Crippen molar-refractivity contribution in [1.29, 1.82) is 0 Å². The van der Waals surface area contributed by atoms with Crippen LogP contribution < -0.4 is 16.2 Å². The van der Waals surface area contributed by atoms with Crippen LogP contribution in [0.25, 0.3) is 10.6 Å². The molecule has 3 aromatic rings. The zero-order valence-electron chi connectivity index (χ0n) is 14.5. The SMILES string of the molecule is Cc1nc(C)c(-c2ccc(=O)n(CCNC(=O)Nc3ccccc3)n2)s1. The Morgan fingerprint density at radius 2 is 1.92 bits per heavy atom. The van der Waals surface area contributed by atoms with Gasteiger partial charge in [0.1, 0.15) is 5.69 Å². The van der Waals surface area contributed by atoms with Crippen LogP contribution in [0.15, 0.2) is 47.3 Å². The maximum absolute atomic E-state index is 12.0. The summed E-state index contributed by atoms with van der Waals surface area (Å²) in [5, 5.41) is 10.8. The predicted molar refractivity (Wildman–Crippen MR) is 103 cm³/mol. The highest BCUT2D eigenvalue weighted by Gasteiger charge is 2.11. The van der Waals surface area contributed by atoms with Crippen molar-refractivity contribution in [3.05, 3.63) is 63.5 Å². The summed E-state index contributed by atoms with van der Waals surface area (Å²) in [4.78, 5) is 29.2. The number of aromatic nitrogens is 3. The molecule has 1 aromatic carbocycles. The van der Waals surface area contributed by atoms with Crippen molar-refractivity contribution in [3.8, 4) is 10.6 Å². The minimum atomic E-state index is -0.325. The van der Waals surface area contributed by atoms with Gasteiger partial charge in [0, 0.05) is 18.3 Å². The van der Waals surface area contributed by atoms with Crippen LogP contribution in [0.3, 0.4) is 0 Å². The topological polar surface area (TPSA) is 88.9 Å². The van der Waals surface area contributed by atoms with E-state index in [0.29, 0.717) is 11.4 Å². The first-order valence-electron chi connectivity index (χ1n) is 8.15. The second-order valence-corrected chi connectivity index (χ2v) is 6.88. The molecule has 8 heteroatoms. The molecule has 2 aromatic heterocycles. The summed E-state index contributed by atoms with van der Waals surface area (Å²) < 4.78 is 1.35. The molecule has 0 bridgehead atoms. The van der Waals surface area contributed by atoms with E-state index >= 15 is 0 Å². The average molecular weight is 369 g/mol. The van der Waals surface area contributed by atoms with Crippen molar-refractivity contribution in [2.75, 3.05) is 11.9 Å². The fraction of sp³-hybridized carbons (Fsp3) is 0.222. The maximum atomic E-state index is 12.0. The van der Waals surface area contributed by atoms with Crippen LogP contribution in [0.4, 0.5) is 10.5 Å². The number of urea groups is 1. The van der Waals surface area contributed by atoms with E-state index < -0.39 is 0 Å². The number of carbonyl (C=O) groups is 1. The minimum absolute atomic E-state index is 0.210. The molecule has 0 saturated heterocycles. The van der Waals surface area contributed by atoms with Gasteiger partial charge in [-0.1, -0.05) is 18.2 Å². The molecular formula is C18H19N5O2S. The van der Waals surface area contributed by atoms with Gasteiger partial charge in [-0.2, -0.15) is 5.10 Å². The Morgan fingerprint density at radius 3 is 2.62 bits per heavy atom. The van der Waals surface area contributed by atoms with Crippen molar-refractivity contribution in [3.63, 3.8) is 0 Å². The number of aryl methyl sites for hydroxylation is 2. The van der Waals surface area contributed by atoms with Gasteiger partial charge in [-0.25, -0.2) is 14.5 Å². The Morgan fingerprint density at radius 1 is 1.15 bits per heavy atom. The molecule has 2 amide bonds. The Labute approximate surface area is 154 Å². The van der Waals surface area contributed by atoms with Crippen molar-refractivity contribution < 1.29 is 4.79 Å². The summed E-state index contributed by atoms with van der Waals surface area (Å²) >= 11 is 1.54. The first-order valence-corrected chi connectivity index (χ1v) is 8.97. The van der Waals surface area contributed by atoms with E-state index in [9.17, 15) is 9.59 Å². The normalized spacial score (nSPS) is 10.5. The largest absolute Gasteiger partial charge is 0.336 e. The number of thiazole rings is 1. The summed E-state index contributed by atoms with van der Waals surface area (Å²) in [6, 6.07) is 12.0. The summed E-state index contributed by atoms with van der Waals surface area (Å²) in [5.74, 6) is 0. The summed E-state index contributed by atoms with van der Waals surface area (Å²) in [7, 11) is 0. The monoisotopic (exact) mass is 369 g/mol. The molecule has 2 heterocycles. The van der Waals surface area contributed by atoms with Crippen LogP contribution in [0.5, 0.6) is 0 Å². The molecule has 0 aliphatic heterocycles. The van der Waals surface area contributed by atoms with Crippen molar-refractivity contribution in [1.82, 2.24) is 20.1 Å². The van der Waals surface area contributed by atoms with Gasteiger partial charge in [0.25, 0.3) is 5.56 Å². The molecule has 0 atom stereocenters. The molecule has 2 N–H and O–H groups in total. The molecule has 0 aliphatic carbocycles. The average Bonchev–Trinajstić information content (AvgIpc) is 2.96. The quantitative estimate of drug-likeness (QED) is 0.724. The van der Waals surface area contributed by atoms with Crippen molar-refractivity contribution >= 4 is 23.1 Å². The number of benzene rings is 1. The van der Waals surface area contributed by atoms with Crippen LogP contribution in [-0.2, 0) is 6.54 Å². The number of nitrogens with one attached hydrogen (secondary N) is 2. The Kier molecular flexibility index (Phi) is 5.43. The highest BCUT2D eigenvalue weighted by Crippen LogP contribution is 2.27. The number of amides is 2. The summed E-state index contributed by atoms with van der Waals surface area (Å²) in [6.45, 7) is 4.43. The van der Waals surface area contributed by atoms with E-state index in [0.717, 1.165) is 15.6 Å². The smallest absolute Gasteiger partial charge is 0.319 e. The van der Waals surface area contributed by atoms with Gasteiger partial charge in [0.2, 0.25) is 0 Å². The molecule has 0 saturated carbocycles. The fourth-order valence-electron chi connectivity index (χ4n) is 2.47. The second kappa shape index (κ2) is 7.92. The van der Waals surface area contributed by atoms with Crippen LogP contribution >= 0.6 is 11.3 Å². The molecule has 0 spiro atoms. The highest BCUT2D eigenvalue weighted by molar-refractivity contribution is 7.15. The molecule has 0 unspecified atom stereocenters. The molecular weight excluding hydrogens is 350 g/mol. The predicted octanol–water partition coefficient (Wildman–Crippen LogP) is 2.81. The number of nitrogens with zero attached hydrogens (tertiary/aromatic N) is 3. The summed E-state index contributed by atoms with van der Waals surface area (Å²) in [6.07, 6.45) is 0. The number of hydrogen-bond acceptors (Lipinski definition) is 5. The fourth-order valence-corrected chi connectivity index (χ4v) is 3.36. The standard InChI is InChI=1S/C18H19N5O2S/c1-12-17(26-13(2)20-12)15-8-9-16(24)23(22-15)11-10-19-18(25)21-14-6-4-3-5-7-14/h3-9H,10-11H2,1-2H3,(H2,19,21,25). The van der Waals surface area contributed by atoms with Gasteiger partial charge < -0.3 is 10.6 Å². The zero-order valence-corrected chi connectivity index (χ0v) is 15.3. The number of anilines is 1. The first kappa shape index (κ1) is 17.8. The van der Waals surface area contributed by atoms with E-state index in [1.165, 1.54) is 10.7 Å². The lowest BCUT2D eigenvalue weighted by Gasteiger charge is -2.09. The maximum Gasteiger partial charge on any atom is 0.319 e. The molecule has 0 fully saturated rings. The van der Waals surface area contributed by atoms with Crippen LogP contribution in [0.2, 0.25) is 0 Å². The van der Waals surface area contributed by atoms with Gasteiger partial charge in [0.15, 0.2) is 0 Å². The highest BCUT2D eigenvalue weighted by atomic mass is 32.1. The molecule has 0 radical (unpaired) electrons. The number of carbonyl (C=O) groups excluding carboxylic acids is 1. The van der Waals surface area contributed by atoms with Gasteiger partial charge in [0.05, 0.1) is 22.1 Å². The van der Waals surface area contributed by atoms with E-state index in [1.807, 2.05) is 32.0 Å². The van der Waals surface area contributed by atoms with Gasteiger partial charge in [-0.15, -0.1) is 11.3 Å². The van der Waals surface area contributed by atoms with Gasteiger partial charge in [-0.05, 0) is 32.0 Å². The number of para-hydroxylation sites is 1. The Hall–Kier alpha value is -3.00.